The van der Waals surface area contributed by atoms with E-state index < -0.39 is 0 Å². The second kappa shape index (κ2) is 10.5. The first-order valence-electron chi connectivity index (χ1n) is 11.3. The summed E-state index contributed by atoms with van der Waals surface area (Å²) in [4.78, 5) is 31.6. The van der Waals surface area contributed by atoms with E-state index in [1.54, 1.807) is 11.8 Å². The number of hydrogen-bond donors (Lipinski definition) is 2. The number of nitrogens with one attached hydrogen (secondary N) is 2. The molecule has 0 aliphatic carbocycles. The molecular formula is C27H35N5O2. The summed E-state index contributed by atoms with van der Waals surface area (Å²) in [5, 5.41) is 6.44. The van der Waals surface area contributed by atoms with Crippen LogP contribution in [0.2, 0.25) is 0 Å². The van der Waals surface area contributed by atoms with E-state index in [1.807, 2.05) is 101 Å². The maximum atomic E-state index is 13.5. The fourth-order valence-corrected chi connectivity index (χ4v) is 3.97. The Morgan fingerprint density at radius 3 is 1.56 bits per heavy atom. The molecule has 1 aliphatic heterocycles. The highest BCUT2D eigenvalue weighted by molar-refractivity contribution is 6.15. The van der Waals surface area contributed by atoms with Crippen LogP contribution in [0, 0.1) is 0 Å². The van der Waals surface area contributed by atoms with Crippen LogP contribution in [-0.2, 0) is 9.59 Å². The maximum Gasteiger partial charge on any atom is 0.220 e. The molecule has 0 atom stereocenters. The fraction of sp³-hybridized carbons (Fsp3) is 0.333. The lowest BCUT2D eigenvalue weighted by Crippen LogP contribution is -2.40. The van der Waals surface area contributed by atoms with E-state index >= 15 is 0 Å². The molecule has 1 amide bonds. The zero-order valence-electron chi connectivity index (χ0n) is 21.2. The molecule has 0 spiro atoms. The Kier molecular flexibility index (Phi) is 7.66. The van der Waals surface area contributed by atoms with Gasteiger partial charge in [-0.3, -0.25) is 9.59 Å². The van der Waals surface area contributed by atoms with Gasteiger partial charge in [0.1, 0.15) is 0 Å². The third-order valence-corrected chi connectivity index (χ3v) is 6.06. The minimum atomic E-state index is -0.0575. The van der Waals surface area contributed by atoms with Gasteiger partial charge in [-0.25, -0.2) is 0 Å². The molecule has 0 aromatic heterocycles. The van der Waals surface area contributed by atoms with Crippen molar-refractivity contribution in [3.05, 3.63) is 58.7 Å². The number of carbonyl (C=O) groups excluding carboxylic acids is 2. The van der Waals surface area contributed by atoms with Crippen LogP contribution in [0.15, 0.2) is 47.5 Å². The van der Waals surface area contributed by atoms with E-state index in [2.05, 4.69) is 10.6 Å². The predicted octanol–water partition coefficient (Wildman–Crippen LogP) is 3.80. The molecule has 1 fully saturated rings. The standard InChI is InChI=1S/C27H35N5O2/c1-18(33)32-16-21(12-19-8-10-23(30(4)5)14-25(19)28-2)27(34)22(17-32)13-20-9-11-24(31(6)7)15-26(20)29-3/h8-15,28-29H,16-17H2,1-7H3. The van der Waals surface area contributed by atoms with Gasteiger partial charge in [0.2, 0.25) is 5.91 Å². The van der Waals surface area contributed by atoms with Gasteiger partial charge in [-0.05, 0) is 47.5 Å². The van der Waals surface area contributed by atoms with Crippen molar-refractivity contribution in [2.45, 2.75) is 6.92 Å². The number of ketones is 1. The number of anilines is 4. The van der Waals surface area contributed by atoms with Gasteiger partial charge in [0.15, 0.2) is 5.78 Å². The second-order valence-electron chi connectivity index (χ2n) is 8.88. The number of rotatable bonds is 6. The first kappa shape index (κ1) is 24.9. The second-order valence-corrected chi connectivity index (χ2v) is 8.88. The molecule has 0 unspecified atom stereocenters. The van der Waals surface area contributed by atoms with E-state index in [9.17, 15) is 9.59 Å². The normalized spacial score (nSPS) is 16.1. The highest BCUT2D eigenvalue weighted by atomic mass is 16.2. The number of carbonyl (C=O) groups is 2. The Balaban J connectivity index is 2.05. The number of amides is 1. The highest BCUT2D eigenvalue weighted by Gasteiger charge is 2.28. The molecule has 2 aromatic rings. The lowest BCUT2D eigenvalue weighted by atomic mass is 9.93. The molecule has 3 rings (SSSR count). The van der Waals surface area contributed by atoms with Crippen LogP contribution < -0.4 is 20.4 Å². The van der Waals surface area contributed by atoms with Gasteiger partial charge in [-0.1, -0.05) is 12.1 Å². The molecule has 7 nitrogen and oxygen atoms in total. The third-order valence-electron chi connectivity index (χ3n) is 6.06. The Morgan fingerprint density at radius 2 is 1.24 bits per heavy atom. The molecule has 1 saturated heterocycles. The van der Waals surface area contributed by atoms with E-state index in [0.29, 0.717) is 24.2 Å². The average Bonchev–Trinajstić information content (AvgIpc) is 2.81. The molecular weight excluding hydrogens is 426 g/mol. The van der Waals surface area contributed by atoms with Crippen molar-refractivity contribution in [2.24, 2.45) is 0 Å². The van der Waals surface area contributed by atoms with E-state index in [-0.39, 0.29) is 11.7 Å². The predicted molar refractivity (Wildman–Crippen MR) is 144 cm³/mol. The Labute approximate surface area is 202 Å². The zero-order valence-corrected chi connectivity index (χ0v) is 21.2. The molecule has 34 heavy (non-hydrogen) atoms. The van der Waals surface area contributed by atoms with Crippen LogP contribution >= 0.6 is 0 Å². The average molecular weight is 462 g/mol. The minimum Gasteiger partial charge on any atom is -0.388 e. The summed E-state index contributed by atoms with van der Waals surface area (Å²) in [5.74, 6) is -0.0899. The SMILES string of the molecule is CNc1cc(N(C)C)ccc1C=C1CN(C(C)=O)CC(=Cc2ccc(N(C)C)cc2NC)C1=O. The van der Waals surface area contributed by atoms with Crippen molar-refractivity contribution in [1.82, 2.24) is 4.90 Å². The molecule has 0 radical (unpaired) electrons. The Hall–Kier alpha value is -3.74. The van der Waals surface area contributed by atoms with Crippen molar-refractivity contribution in [2.75, 3.05) is 75.8 Å². The molecule has 0 bridgehead atoms. The summed E-state index contributed by atoms with van der Waals surface area (Å²) >= 11 is 0. The topological polar surface area (TPSA) is 67.9 Å². The zero-order chi connectivity index (χ0) is 25.0. The fourth-order valence-electron chi connectivity index (χ4n) is 3.97. The highest BCUT2D eigenvalue weighted by Crippen LogP contribution is 2.29. The summed E-state index contributed by atoms with van der Waals surface area (Å²) in [6.45, 7) is 2.13. The van der Waals surface area contributed by atoms with Gasteiger partial charge in [0.25, 0.3) is 0 Å². The van der Waals surface area contributed by atoms with Crippen molar-refractivity contribution >= 4 is 46.6 Å². The molecule has 7 heteroatoms. The number of likely N-dealkylation sites (tertiary alicyclic amines) is 1. The van der Waals surface area contributed by atoms with Crippen LogP contribution in [0.25, 0.3) is 12.2 Å². The van der Waals surface area contributed by atoms with E-state index in [0.717, 1.165) is 33.9 Å². The molecule has 1 aliphatic rings. The van der Waals surface area contributed by atoms with Gasteiger partial charge in [-0.15, -0.1) is 0 Å². The van der Waals surface area contributed by atoms with Crippen LogP contribution in [-0.4, -0.2) is 72.0 Å². The number of piperidine rings is 1. The lowest BCUT2D eigenvalue weighted by molar-refractivity contribution is -0.129. The van der Waals surface area contributed by atoms with Crippen LogP contribution in [0.4, 0.5) is 22.7 Å². The summed E-state index contributed by atoms with van der Waals surface area (Å²) in [6, 6.07) is 12.1. The molecule has 2 N–H and O–H groups in total. The molecule has 1 heterocycles. The van der Waals surface area contributed by atoms with Crippen LogP contribution in [0.5, 0.6) is 0 Å². The van der Waals surface area contributed by atoms with Gasteiger partial charge < -0.3 is 25.3 Å². The minimum absolute atomic E-state index is 0.0324. The van der Waals surface area contributed by atoms with Gasteiger partial charge in [0.05, 0.1) is 0 Å². The molecule has 0 saturated carbocycles. The Morgan fingerprint density at radius 1 is 0.824 bits per heavy atom. The summed E-state index contributed by atoms with van der Waals surface area (Å²) in [6.07, 6.45) is 3.79. The first-order valence-corrected chi connectivity index (χ1v) is 11.3. The largest absolute Gasteiger partial charge is 0.388 e. The summed E-state index contributed by atoms with van der Waals surface area (Å²) in [7, 11) is 11.7. The quantitative estimate of drug-likeness (QED) is 0.638. The van der Waals surface area contributed by atoms with Gasteiger partial charge in [-0.2, -0.15) is 0 Å². The van der Waals surface area contributed by atoms with Crippen LogP contribution in [0.3, 0.4) is 0 Å². The van der Waals surface area contributed by atoms with Gasteiger partial charge >= 0.3 is 0 Å². The molecule has 180 valence electrons. The number of Topliss-reactive ketones (excluding diaryl/α,β-unsaturated/α-hetero) is 1. The maximum absolute atomic E-state index is 13.5. The summed E-state index contributed by atoms with van der Waals surface area (Å²) in [5.41, 5.74) is 6.99. The van der Waals surface area contributed by atoms with Crippen molar-refractivity contribution in [3.63, 3.8) is 0 Å². The van der Waals surface area contributed by atoms with Gasteiger partial charge in [0, 0.05) is 96.2 Å². The van der Waals surface area contributed by atoms with E-state index in [1.165, 1.54) is 0 Å². The molecule has 2 aromatic carbocycles. The number of hydrogen-bond acceptors (Lipinski definition) is 6. The number of benzene rings is 2. The Bertz CT molecular complexity index is 1070. The number of nitrogens with zero attached hydrogens (tertiary/aromatic N) is 3. The van der Waals surface area contributed by atoms with Crippen molar-refractivity contribution < 1.29 is 9.59 Å². The van der Waals surface area contributed by atoms with Crippen LogP contribution in [0.1, 0.15) is 18.1 Å². The monoisotopic (exact) mass is 461 g/mol. The smallest absolute Gasteiger partial charge is 0.220 e. The van der Waals surface area contributed by atoms with E-state index in [4.69, 9.17) is 0 Å². The van der Waals surface area contributed by atoms with Crippen molar-refractivity contribution in [3.8, 4) is 0 Å². The lowest BCUT2D eigenvalue weighted by Gasteiger charge is -2.29. The van der Waals surface area contributed by atoms with Crippen molar-refractivity contribution in [1.29, 1.82) is 0 Å². The third kappa shape index (κ3) is 5.42. The first-order chi connectivity index (χ1) is 16.1. The summed E-state index contributed by atoms with van der Waals surface area (Å²) < 4.78 is 0.